The molecule has 0 bridgehead atoms. The predicted octanol–water partition coefficient (Wildman–Crippen LogP) is 2.16. The summed E-state index contributed by atoms with van der Waals surface area (Å²) in [4.78, 5) is 4.97. The number of nitrogens with zero attached hydrogens (tertiary/aromatic N) is 1. The van der Waals surface area contributed by atoms with Gasteiger partial charge in [-0.1, -0.05) is 11.3 Å². The molecule has 10 heavy (non-hydrogen) atoms. The van der Waals surface area contributed by atoms with E-state index in [4.69, 9.17) is 0 Å². The Morgan fingerprint density at radius 2 is 2.10 bits per heavy atom. The SMILES string of the molecule is Fc1nc2c(s1)CCCC2. The Bertz CT molecular complexity index is 220. The van der Waals surface area contributed by atoms with Crippen molar-refractivity contribution in [1.82, 2.24) is 4.98 Å². The van der Waals surface area contributed by atoms with E-state index < -0.39 is 0 Å². The molecule has 1 aromatic rings. The summed E-state index contributed by atoms with van der Waals surface area (Å²) in [6, 6.07) is 0. The summed E-state index contributed by atoms with van der Waals surface area (Å²) in [5, 5.41) is -0.257. The number of aryl methyl sites for hydroxylation is 2. The number of rotatable bonds is 0. The van der Waals surface area contributed by atoms with E-state index in [0.29, 0.717) is 0 Å². The van der Waals surface area contributed by atoms with Gasteiger partial charge in [-0.2, -0.15) is 4.39 Å². The maximum absolute atomic E-state index is 12.5. The van der Waals surface area contributed by atoms with E-state index >= 15 is 0 Å². The molecule has 0 radical (unpaired) electrons. The first-order chi connectivity index (χ1) is 4.86. The molecule has 0 N–H and O–H groups in total. The van der Waals surface area contributed by atoms with Gasteiger partial charge in [-0.05, 0) is 25.7 Å². The van der Waals surface area contributed by atoms with E-state index in [1.807, 2.05) is 0 Å². The normalized spacial score (nSPS) is 16.9. The van der Waals surface area contributed by atoms with Crippen LogP contribution in [0, 0.1) is 5.26 Å². The van der Waals surface area contributed by atoms with E-state index in [1.165, 1.54) is 29.1 Å². The van der Waals surface area contributed by atoms with E-state index in [2.05, 4.69) is 4.98 Å². The van der Waals surface area contributed by atoms with Crippen molar-refractivity contribution >= 4 is 11.3 Å². The van der Waals surface area contributed by atoms with Crippen LogP contribution in [-0.4, -0.2) is 4.98 Å². The summed E-state index contributed by atoms with van der Waals surface area (Å²) < 4.78 is 12.5. The van der Waals surface area contributed by atoms with Crippen LogP contribution >= 0.6 is 11.3 Å². The van der Waals surface area contributed by atoms with Gasteiger partial charge in [0.05, 0.1) is 5.69 Å². The first-order valence-electron chi connectivity index (χ1n) is 3.50. The van der Waals surface area contributed by atoms with Crippen molar-refractivity contribution in [2.24, 2.45) is 0 Å². The summed E-state index contributed by atoms with van der Waals surface area (Å²) >= 11 is 1.21. The quantitative estimate of drug-likeness (QED) is 0.562. The van der Waals surface area contributed by atoms with Gasteiger partial charge < -0.3 is 0 Å². The highest BCUT2D eigenvalue weighted by atomic mass is 32.1. The highest BCUT2D eigenvalue weighted by Crippen LogP contribution is 2.25. The van der Waals surface area contributed by atoms with Crippen LogP contribution in [0.4, 0.5) is 4.39 Å². The molecular weight excluding hydrogens is 149 g/mol. The van der Waals surface area contributed by atoms with Crippen LogP contribution in [0.2, 0.25) is 0 Å². The number of hydrogen-bond acceptors (Lipinski definition) is 2. The Hall–Kier alpha value is -0.440. The Morgan fingerprint density at radius 3 is 2.90 bits per heavy atom. The van der Waals surface area contributed by atoms with Crippen molar-refractivity contribution in [3.8, 4) is 0 Å². The smallest absolute Gasteiger partial charge is 0.214 e. The van der Waals surface area contributed by atoms with E-state index in [-0.39, 0.29) is 5.26 Å². The van der Waals surface area contributed by atoms with E-state index in [1.54, 1.807) is 0 Å². The molecule has 1 heterocycles. The lowest BCUT2D eigenvalue weighted by Gasteiger charge is -2.06. The molecule has 2 rings (SSSR count). The van der Waals surface area contributed by atoms with Crippen molar-refractivity contribution in [2.75, 3.05) is 0 Å². The third-order valence-corrected chi connectivity index (χ3v) is 2.77. The van der Waals surface area contributed by atoms with Gasteiger partial charge in [-0.25, -0.2) is 4.98 Å². The molecule has 0 fully saturated rings. The Labute approximate surface area is 62.9 Å². The molecular formula is C7H8FNS. The van der Waals surface area contributed by atoms with Crippen LogP contribution < -0.4 is 0 Å². The molecule has 0 unspecified atom stereocenters. The van der Waals surface area contributed by atoms with E-state index in [9.17, 15) is 4.39 Å². The molecule has 1 aliphatic carbocycles. The summed E-state index contributed by atoms with van der Waals surface area (Å²) in [6.07, 6.45) is 4.40. The predicted molar refractivity (Wildman–Crippen MR) is 38.7 cm³/mol. The van der Waals surface area contributed by atoms with Crippen LogP contribution in [-0.2, 0) is 12.8 Å². The molecule has 0 saturated heterocycles. The summed E-state index contributed by atoms with van der Waals surface area (Å²) in [5.41, 5.74) is 1.01. The first kappa shape index (κ1) is 6.28. The largest absolute Gasteiger partial charge is 0.269 e. The van der Waals surface area contributed by atoms with Gasteiger partial charge in [-0.15, -0.1) is 0 Å². The fraction of sp³-hybridized carbons (Fsp3) is 0.571. The average Bonchev–Trinajstić information content (AvgIpc) is 2.27. The third-order valence-electron chi connectivity index (χ3n) is 1.82. The standard InChI is InChI=1S/C7H8FNS/c8-7-9-5-3-1-2-4-6(5)10-7/h1-4H2. The minimum Gasteiger partial charge on any atom is -0.214 e. The van der Waals surface area contributed by atoms with Crippen molar-refractivity contribution in [1.29, 1.82) is 0 Å². The number of hydrogen-bond donors (Lipinski definition) is 0. The lowest BCUT2D eigenvalue weighted by atomic mass is 10.0. The Morgan fingerprint density at radius 1 is 1.30 bits per heavy atom. The lowest BCUT2D eigenvalue weighted by Crippen LogP contribution is -1.98. The van der Waals surface area contributed by atoms with Crippen LogP contribution in [0.1, 0.15) is 23.4 Å². The molecule has 3 heteroatoms. The minimum atomic E-state index is -0.257. The first-order valence-corrected chi connectivity index (χ1v) is 4.32. The van der Waals surface area contributed by atoms with Crippen LogP contribution in [0.3, 0.4) is 0 Å². The molecule has 0 amide bonds. The summed E-state index contributed by atoms with van der Waals surface area (Å²) in [7, 11) is 0. The molecule has 0 saturated carbocycles. The number of thiazole rings is 1. The molecule has 54 valence electrons. The topological polar surface area (TPSA) is 12.9 Å². The van der Waals surface area contributed by atoms with Crippen LogP contribution in [0.5, 0.6) is 0 Å². The third kappa shape index (κ3) is 0.944. The number of aromatic nitrogens is 1. The zero-order chi connectivity index (χ0) is 6.97. The molecule has 1 aliphatic rings. The average molecular weight is 157 g/mol. The summed E-state index contributed by atoms with van der Waals surface area (Å²) in [5.74, 6) is 0. The van der Waals surface area contributed by atoms with Crippen LogP contribution in [0.25, 0.3) is 0 Å². The molecule has 1 nitrogen and oxygen atoms in total. The highest BCUT2D eigenvalue weighted by Gasteiger charge is 2.14. The van der Waals surface area contributed by atoms with Crippen molar-refractivity contribution in [2.45, 2.75) is 25.7 Å². The number of fused-ring (bicyclic) bond motifs is 1. The molecule has 1 aromatic heterocycles. The summed E-state index contributed by atoms with van der Waals surface area (Å²) in [6.45, 7) is 0. The van der Waals surface area contributed by atoms with Crippen molar-refractivity contribution in [3.63, 3.8) is 0 Å². The van der Waals surface area contributed by atoms with Crippen molar-refractivity contribution in [3.05, 3.63) is 15.8 Å². The van der Waals surface area contributed by atoms with Gasteiger partial charge in [0, 0.05) is 4.88 Å². The van der Waals surface area contributed by atoms with Crippen LogP contribution in [0.15, 0.2) is 0 Å². The lowest BCUT2D eigenvalue weighted by molar-refractivity contribution is 0.602. The fourth-order valence-electron chi connectivity index (χ4n) is 1.32. The molecule has 0 aromatic carbocycles. The Balaban J connectivity index is 2.41. The zero-order valence-electron chi connectivity index (χ0n) is 5.56. The highest BCUT2D eigenvalue weighted by molar-refractivity contribution is 7.10. The van der Waals surface area contributed by atoms with Gasteiger partial charge >= 0.3 is 0 Å². The van der Waals surface area contributed by atoms with Crippen molar-refractivity contribution < 1.29 is 4.39 Å². The maximum Gasteiger partial charge on any atom is 0.269 e. The molecule has 0 spiro atoms. The molecule has 0 atom stereocenters. The fourth-order valence-corrected chi connectivity index (χ4v) is 2.19. The monoisotopic (exact) mass is 157 g/mol. The van der Waals surface area contributed by atoms with Gasteiger partial charge in [0.1, 0.15) is 0 Å². The Kier molecular flexibility index (Phi) is 1.45. The van der Waals surface area contributed by atoms with Gasteiger partial charge in [0.2, 0.25) is 0 Å². The van der Waals surface area contributed by atoms with Gasteiger partial charge in [-0.3, -0.25) is 0 Å². The minimum absolute atomic E-state index is 0.257. The van der Waals surface area contributed by atoms with Gasteiger partial charge in [0.25, 0.3) is 5.26 Å². The second kappa shape index (κ2) is 2.31. The second-order valence-electron chi connectivity index (χ2n) is 2.54. The number of halogens is 1. The maximum atomic E-state index is 12.5. The van der Waals surface area contributed by atoms with E-state index in [0.717, 1.165) is 18.5 Å². The van der Waals surface area contributed by atoms with Gasteiger partial charge in [0.15, 0.2) is 0 Å². The second-order valence-corrected chi connectivity index (χ2v) is 3.58. The molecule has 0 aliphatic heterocycles. The zero-order valence-corrected chi connectivity index (χ0v) is 6.38.